The third-order valence-electron chi connectivity index (χ3n) is 4.93. The van der Waals surface area contributed by atoms with Gasteiger partial charge in [-0.05, 0) is 18.9 Å². The van der Waals surface area contributed by atoms with E-state index in [1.165, 1.54) is 0 Å². The second-order valence-electron chi connectivity index (χ2n) is 6.56. The maximum absolute atomic E-state index is 12.9. The van der Waals surface area contributed by atoms with Crippen molar-refractivity contribution in [3.8, 4) is 0 Å². The number of fused-ring (bicyclic) bond motifs is 1. The molecule has 5 heteroatoms. The molecule has 2 aliphatic rings. The van der Waals surface area contributed by atoms with E-state index < -0.39 is 0 Å². The molecular weight excluding hydrogens is 290 g/mol. The Balaban J connectivity index is 1.50. The van der Waals surface area contributed by atoms with Crippen molar-refractivity contribution in [3.63, 3.8) is 0 Å². The van der Waals surface area contributed by atoms with Crippen molar-refractivity contribution in [2.75, 3.05) is 26.2 Å². The molecule has 1 aliphatic heterocycles. The lowest BCUT2D eigenvalue weighted by molar-refractivity contribution is -0.134. The lowest BCUT2D eigenvalue weighted by atomic mass is 10.1. The molecule has 0 N–H and O–H groups in total. The SMILES string of the molecule is Cn1cc(C(=O)N2CCN(C(=O)C3CC3)CC2)c2ccccc21. The molecule has 1 saturated carbocycles. The standard InChI is InChI=1S/C18H21N3O2/c1-19-12-15(14-4-2-3-5-16(14)19)18(23)21-10-8-20(9-11-21)17(22)13-6-7-13/h2-5,12-13H,6-11H2,1H3. The van der Waals surface area contributed by atoms with E-state index >= 15 is 0 Å². The number of amides is 2. The minimum absolute atomic E-state index is 0.0697. The molecule has 1 aromatic heterocycles. The number of aromatic nitrogens is 1. The highest BCUT2D eigenvalue weighted by Gasteiger charge is 2.35. The van der Waals surface area contributed by atoms with Crippen LogP contribution >= 0.6 is 0 Å². The van der Waals surface area contributed by atoms with Gasteiger partial charge in [-0.1, -0.05) is 18.2 Å². The molecule has 0 radical (unpaired) electrons. The van der Waals surface area contributed by atoms with E-state index in [1.807, 2.05) is 51.9 Å². The largest absolute Gasteiger partial charge is 0.350 e. The highest BCUT2D eigenvalue weighted by molar-refractivity contribution is 6.07. The molecule has 2 fully saturated rings. The summed E-state index contributed by atoms with van der Waals surface area (Å²) in [5, 5.41) is 0.997. The van der Waals surface area contributed by atoms with Crippen molar-refractivity contribution < 1.29 is 9.59 Å². The second-order valence-corrected chi connectivity index (χ2v) is 6.56. The van der Waals surface area contributed by atoms with Gasteiger partial charge in [0.25, 0.3) is 5.91 Å². The normalized spacial score (nSPS) is 18.5. The summed E-state index contributed by atoms with van der Waals surface area (Å²) in [5.41, 5.74) is 1.82. The summed E-state index contributed by atoms with van der Waals surface area (Å²) < 4.78 is 2.00. The zero-order valence-electron chi connectivity index (χ0n) is 13.4. The average Bonchev–Trinajstić information content (AvgIpc) is 3.39. The Kier molecular flexibility index (Phi) is 3.36. The zero-order valence-corrected chi connectivity index (χ0v) is 13.4. The molecule has 1 saturated heterocycles. The highest BCUT2D eigenvalue weighted by atomic mass is 16.2. The Morgan fingerprint density at radius 2 is 1.65 bits per heavy atom. The molecule has 5 nitrogen and oxygen atoms in total. The van der Waals surface area contributed by atoms with Gasteiger partial charge in [0.2, 0.25) is 5.91 Å². The van der Waals surface area contributed by atoms with E-state index in [9.17, 15) is 9.59 Å². The summed E-state index contributed by atoms with van der Waals surface area (Å²) in [6, 6.07) is 7.97. The van der Waals surface area contributed by atoms with Gasteiger partial charge in [-0.25, -0.2) is 0 Å². The van der Waals surface area contributed by atoms with Gasteiger partial charge in [-0.2, -0.15) is 0 Å². The van der Waals surface area contributed by atoms with Crippen molar-refractivity contribution in [3.05, 3.63) is 36.0 Å². The Morgan fingerprint density at radius 3 is 2.35 bits per heavy atom. The molecule has 2 amide bonds. The molecule has 0 atom stereocenters. The Labute approximate surface area is 135 Å². The summed E-state index contributed by atoms with van der Waals surface area (Å²) in [6.07, 6.45) is 3.98. The van der Waals surface area contributed by atoms with Crippen LogP contribution < -0.4 is 0 Å². The van der Waals surface area contributed by atoms with E-state index in [-0.39, 0.29) is 17.7 Å². The Morgan fingerprint density at radius 1 is 1.00 bits per heavy atom. The topological polar surface area (TPSA) is 45.6 Å². The van der Waals surface area contributed by atoms with Gasteiger partial charge in [0, 0.05) is 56.2 Å². The summed E-state index contributed by atoms with van der Waals surface area (Å²) in [6.45, 7) is 2.57. The highest BCUT2D eigenvalue weighted by Crippen LogP contribution is 2.31. The first-order valence-electron chi connectivity index (χ1n) is 8.27. The summed E-state index contributed by atoms with van der Waals surface area (Å²) in [4.78, 5) is 28.8. The first-order chi connectivity index (χ1) is 11.1. The fourth-order valence-corrected chi connectivity index (χ4v) is 3.40. The molecule has 0 bridgehead atoms. The van der Waals surface area contributed by atoms with Gasteiger partial charge in [0.1, 0.15) is 0 Å². The van der Waals surface area contributed by atoms with Crippen LogP contribution in [0.5, 0.6) is 0 Å². The number of rotatable bonds is 2. The number of hydrogen-bond acceptors (Lipinski definition) is 2. The minimum Gasteiger partial charge on any atom is -0.350 e. The molecule has 1 aromatic carbocycles. The number of benzene rings is 1. The lowest BCUT2D eigenvalue weighted by Gasteiger charge is -2.34. The number of carbonyl (C=O) groups is 2. The van der Waals surface area contributed by atoms with E-state index in [2.05, 4.69) is 0 Å². The maximum Gasteiger partial charge on any atom is 0.256 e. The minimum atomic E-state index is 0.0697. The first kappa shape index (κ1) is 14.3. The molecule has 2 aromatic rings. The molecule has 0 unspecified atom stereocenters. The Hall–Kier alpha value is -2.30. The predicted molar refractivity (Wildman–Crippen MR) is 88.1 cm³/mol. The van der Waals surface area contributed by atoms with Crippen LogP contribution in [0.1, 0.15) is 23.2 Å². The van der Waals surface area contributed by atoms with Crippen molar-refractivity contribution in [1.82, 2.24) is 14.4 Å². The van der Waals surface area contributed by atoms with Crippen molar-refractivity contribution in [2.45, 2.75) is 12.8 Å². The number of aryl methyl sites for hydroxylation is 1. The van der Waals surface area contributed by atoms with Crippen molar-refractivity contribution >= 4 is 22.7 Å². The third-order valence-corrected chi connectivity index (χ3v) is 4.93. The van der Waals surface area contributed by atoms with Gasteiger partial charge in [-0.15, -0.1) is 0 Å². The summed E-state index contributed by atoms with van der Waals surface area (Å²) >= 11 is 0. The fourth-order valence-electron chi connectivity index (χ4n) is 3.40. The quantitative estimate of drug-likeness (QED) is 0.850. The Bertz CT molecular complexity index is 768. The molecule has 23 heavy (non-hydrogen) atoms. The van der Waals surface area contributed by atoms with Crippen LogP contribution in [0, 0.1) is 5.92 Å². The van der Waals surface area contributed by atoms with Gasteiger partial charge in [0.15, 0.2) is 0 Å². The van der Waals surface area contributed by atoms with Crippen LogP contribution in [0.15, 0.2) is 30.5 Å². The van der Waals surface area contributed by atoms with E-state index in [0.29, 0.717) is 26.2 Å². The van der Waals surface area contributed by atoms with E-state index in [4.69, 9.17) is 0 Å². The number of hydrogen-bond donors (Lipinski definition) is 0. The van der Waals surface area contributed by atoms with Gasteiger partial charge in [0.05, 0.1) is 5.56 Å². The molecule has 120 valence electrons. The number of piperazine rings is 1. The maximum atomic E-state index is 12.9. The number of carbonyl (C=O) groups excluding carboxylic acids is 2. The third kappa shape index (κ3) is 2.50. The summed E-state index contributed by atoms with van der Waals surface area (Å²) in [7, 11) is 1.96. The first-order valence-corrected chi connectivity index (χ1v) is 8.27. The predicted octanol–water partition coefficient (Wildman–Crippen LogP) is 1.87. The molecule has 1 aliphatic carbocycles. The van der Waals surface area contributed by atoms with Gasteiger partial charge >= 0.3 is 0 Å². The van der Waals surface area contributed by atoms with Gasteiger partial charge < -0.3 is 14.4 Å². The van der Waals surface area contributed by atoms with E-state index in [0.717, 1.165) is 29.3 Å². The van der Waals surface area contributed by atoms with Crippen LogP contribution in [0.25, 0.3) is 10.9 Å². The van der Waals surface area contributed by atoms with Crippen LogP contribution in [-0.2, 0) is 11.8 Å². The second kappa shape index (κ2) is 5.41. The van der Waals surface area contributed by atoms with Crippen LogP contribution in [0.4, 0.5) is 0 Å². The molecule has 4 rings (SSSR count). The molecule has 0 spiro atoms. The lowest BCUT2D eigenvalue weighted by Crippen LogP contribution is -2.51. The zero-order chi connectivity index (χ0) is 16.0. The number of para-hydroxylation sites is 1. The van der Waals surface area contributed by atoms with Gasteiger partial charge in [-0.3, -0.25) is 9.59 Å². The van der Waals surface area contributed by atoms with Crippen LogP contribution in [0.3, 0.4) is 0 Å². The fraction of sp³-hybridized carbons (Fsp3) is 0.444. The van der Waals surface area contributed by atoms with Crippen molar-refractivity contribution in [1.29, 1.82) is 0 Å². The number of nitrogens with zero attached hydrogens (tertiary/aromatic N) is 3. The van der Waals surface area contributed by atoms with Crippen LogP contribution in [0.2, 0.25) is 0 Å². The van der Waals surface area contributed by atoms with E-state index in [1.54, 1.807) is 0 Å². The summed E-state index contributed by atoms with van der Waals surface area (Å²) in [5.74, 6) is 0.609. The molecular formula is C18H21N3O2. The monoisotopic (exact) mass is 311 g/mol. The van der Waals surface area contributed by atoms with Crippen molar-refractivity contribution in [2.24, 2.45) is 13.0 Å². The smallest absolute Gasteiger partial charge is 0.256 e. The van der Waals surface area contributed by atoms with Crippen LogP contribution in [-0.4, -0.2) is 52.4 Å². The molecule has 2 heterocycles. The average molecular weight is 311 g/mol.